The van der Waals surface area contributed by atoms with Crippen molar-refractivity contribution in [3.63, 3.8) is 0 Å². The van der Waals surface area contributed by atoms with Gasteiger partial charge in [-0.05, 0) is 49.1 Å². The minimum atomic E-state index is -3.43. The van der Waals surface area contributed by atoms with E-state index in [9.17, 15) is 8.42 Å². The van der Waals surface area contributed by atoms with Crippen LogP contribution in [0, 0.1) is 24.2 Å². The second-order valence-corrected chi connectivity index (χ2v) is 8.78. The molecule has 0 amide bonds. The van der Waals surface area contributed by atoms with Gasteiger partial charge in [0.25, 0.3) is 0 Å². The van der Waals surface area contributed by atoms with E-state index < -0.39 is 10.0 Å². The number of sulfonamides is 1. The highest BCUT2D eigenvalue weighted by Crippen LogP contribution is 2.58. The van der Waals surface area contributed by atoms with E-state index in [2.05, 4.69) is 25.1 Å². The molecule has 2 saturated carbocycles. The van der Waals surface area contributed by atoms with E-state index >= 15 is 0 Å². The minimum absolute atomic E-state index is 0.00169. The Morgan fingerprint density at radius 1 is 1.19 bits per heavy atom. The van der Waals surface area contributed by atoms with Gasteiger partial charge in [0.05, 0.1) is 4.90 Å². The van der Waals surface area contributed by atoms with Crippen molar-refractivity contribution < 1.29 is 8.42 Å². The lowest BCUT2D eigenvalue weighted by molar-refractivity contribution is 0.269. The Balaban J connectivity index is 1.79. The SMILES string of the molecule is C=C1C2CC(C[C@H]2NS(=O)(=O)c2ccc(C)cc2)C1(C)C. The summed E-state index contributed by atoms with van der Waals surface area (Å²) in [4.78, 5) is 0.348. The Morgan fingerprint density at radius 2 is 1.81 bits per heavy atom. The first-order chi connectivity index (χ1) is 9.72. The first-order valence-electron chi connectivity index (χ1n) is 7.50. The van der Waals surface area contributed by atoms with Crippen molar-refractivity contribution in [1.29, 1.82) is 0 Å². The van der Waals surface area contributed by atoms with Gasteiger partial charge in [0.15, 0.2) is 0 Å². The van der Waals surface area contributed by atoms with E-state index in [4.69, 9.17) is 0 Å². The third-order valence-electron chi connectivity index (χ3n) is 5.50. The molecular weight excluding hydrogens is 282 g/mol. The van der Waals surface area contributed by atoms with Crippen molar-refractivity contribution in [1.82, 2.24) is 4.72 Å². The van der Waals surface area contributed by atoms with Gasteiger partial charge >= 0.3 is 0 Å². The summed E-state index contributed by atoms with van der Waals surface area (Å²) in [5.41, 5.74) is 2.41. The van der Waals surface area contributed by atoms with E-state index in [0.29, 0.717) is 10.8 Å². The summed E-state index contributed by atoms with van der Waals surface area (Å²) in [6.45, 7) is 10.6. The number of aryl methyl sites for hydroxylation is 1. The van der Waals surface area contributed by atoms with Crippen molar-refractivity contribution in [3.8, 4) is 0 Å². The fourth-order valence-corrected chi connectivity index (χ4v) is 5.16. The Morgan fingerprint density at radius 3 is 2.33 bits per heavy atom. The molecule has 114 valence electrons. The number of hydrogen-bond donors (Lipinski definition) is 1. The highest BCUT2D eigenvalue weighted by Gasteiger charge is 2.53. The number of hydrogen-bond acceptors (Lipinski definition) is 2. The summed E-state index contributed by atoms with van der Waals surface area (Å²) in [6.07, 6.45) is 1.98. The van der Waals surface area contributed by atoms with Crippen molar-refractivity contribution in [2.45, 2.75) is 44.6 Å². The predicted octanol–water partition coefficient (Wildman–Crippen LogP) is 3.26. The van der Waals surface area contributed by atoms with Crippen LogP contribution in [0.4, 0.5) is 0 Å². The van der Waals surface area contributed by atoms with Crippen LogP contribution in [0.1, 0.15) is 32.3 Å². The lowest BCUT2D eigenvalue weighted by atomic mass is 9.72. The van der Waals surface area contributed by atoms with Gasteiger partial charge < -0.3 is 0 Å². The average Bonchev–Trinajstić information content (AvgIpc) is 2.89. The standard InChI is InChI=1S/C17H23NO2S/c1-11-5-7-14(8-6-11)21(19,20)18-16-10-13-9-15(16)12(2)17(13,3)4/h5-8,13,15-16,18H,2,9-10H2,1,3-4H3/t13?,15?,16-/m1/s1. The molecule has 0 aliphatic heterocycles. The van der Waals surface area contributed by atoms with Crippen molar-refractivity contribution in [3.05, 3.63) is 42.0 Å². The first kappa shape index (κ1) is 14.8. The molecular formula is C17H23NO2S. The molecule has 0 heterocycles. The maximum absolute atomic E-state index is 12.5. The van der Waals surface area contributed by atoms with Gasteiger partial charge in [-0.2, -0.15) is 0 Å². The summed E-state index contributed by atoms with van der Waals surface area (Å²) in [5.74, 6) is 0.825. The zero-order valence-corrected chi connectivity index (χ0v) is 13.7. The van der Waals surface area contributed by atoms with E-state index in [1.54, 1.807) is 12.1 Å². The van der Waals surface area contributed by atoms with Crippen LogP contribution in [0.15, 0.2) is 41.3 Å². The molecule has 3 rings (SSSR count). The van der Waals surface area contributed by atoms with Crippen LogP contribution in [0.2, 0.25) is 0 Å². The number of benzene rings is 1. The van der Waals surface area contributed by atoms with E-state index in [-0.39, 0.29) is 17.4 Å². The molecule has 3 atom stereocenters. The molecule has 2 aliphatic rings. The van der Waals surface area contributed by atoms with Crippen LogP contribution in [0.25, 0.3) is 0 Å². The summed E-state index contributed by atoms with van der Waals surface area (Å²) in [6, 6.07) is 7.00. The van der Waals surface area contributed by atoms with Crippen LogP contribution in [-0.4, -0.2) is 14.5 Å². The zero-order chi connectivity index (χ0) is 15.4. The van der Waals surface area contributed by atoms with Crippen LogP contribution in [0.5, 0.6) is 0 Å². The summed E-state index contributed by atoms with van der Waals surface area (Å²) >= 11 is 0. The predicted molar refractivity (Wildman–Crippen MR) is 84.4 cm³/mol. The molecule has 1 aromatic rings. The Hall–Kier alpha value is -1.13. The average molecular weight is 305 g/mol. The Labute approximate surface area is 127 Å². The van der Waals surface area contributed by atoms with E-state index in [0.717, 1.165) is 18.4 Å². The second kappa shape index (κ2) is 4.68. The molecule has 2 bridgehead atoms. The molecule has 21 heavy (non-hydrogen) atoms. The fourth-order valence-electron chi connectivity index (χ4n) is 3.87. The van der Waals surface area contributed by atoms with Crippen molar-refractivity contribution >= 4 is 10.0 Å². The molecule has 4 heteroatoms. The molecule has 0 spiro atoms. The topological polar surface area (TPSA) is 46.2 Å². The summed E-state index contributed by atoms with van der Waals surface area (Å²) in [7, 11) is -3.43. The van der Waals surface area contributed by atoms with Crippen molar-refractivity contribution in [2.24, 2.45) is 17.3 Å². The van der Waals surface area contributed by atoms with Gasteiger partial charge in [-0.25, -0.2) is 13.1 Å². The zero-order valence-electron chi connectivity index (χ0n) is 12.9. The van der Waals surface area contributed by atoms with E-state index in [1.165, 1.54) is 5.57 Å². The minimum Gasteiger partial charge on any atom is -0.207 e. The monoisotopic (exact) mass is 305 g/mol. The van der Waals surface area contributed by atoms with Gasteiger partial charge in [-0.3, -0.25) is 0 Å². The van der Waals surface area contributed by atoms with Gasteiger partial charge in [-0.1, -0.05) is 43.7 Å². The Kier molecular flexibility index (Phi) is 3.30. The maximum atomic E-state index is 12.5. The van der Waals surface area contributed by atoms with Gasteiger partial charge in [0, 0.05) is 6.04 Å². The van der Waals surface area contributed by atoms with Crippen LogP contribution in [-0.2, 0) is 10.0 Å². The summed E-state index contributed by atoms with van der Waals surface area (Å²) in [5, 5.41) is 0. The molecule has 2 aliphatic carbocycles. The number of rotatable bonds is 3. The molecule has 0 aromatic heterocycles. The third kappa shape index (κ3) is 2.34. The Bertz CT molecular complexity index is 673. The first-order valence-corrected chi connectivity index (χ1v) is 8.98. The van der Waals surface area contributed by atoms with Crippen molar-refractivity contribution in [2.75, 3.05) is 0 Å². The lowest BCUT2D eigenvalue weighted by Gasteiger charge is -2.36. The smallest absolute Gasteiger partial charge is 0.207 e. The normalized spacial score (nSPS) is 30.8. The molecule has 3 nitrogen and oxygen atoms in total. The van der Waals surface area contributed by atoms with Gasteiger partial charge in [0.1, 0.15) is 0 Å². The van der Waals surface area contributed by atoms with Crippen LogP contribution >= 0.6 is 0 Å². The second-order valence-electron chi connectivity index (χ2n) is 7.06. The van der Waals surface area contributed by atoms with Crippen LogP contribution < -0.4 is 4.72 Å². The fraction of sp³-hybridized carbons (Fsp3) is 0.529. The maximum Gasteiger partial charge on any atom is 0.240 e. The molecule has 2 fully saturated rings. The lowest BCUT2D eigenvalue weighted by Crippen LogP contribution is -2.42. The third-order valence-corrected chi connectivity index (χ3v) is 7.00. The highest BCUT2D eigenvalue weighted by atomic mass is 32.2. The highest BCUT2D eigenvalue weighted by molar-refractivity contribution is 7.89. The van der Waals surface area contributed by atoms with E-state index in [1.807, 2.05) is 19.1 Å². The molecule has 1 aromatic carbocycles. The molecule has 0 saturated heterocycles. The number of fused-ring (bicyclic) bond motifs is 2. The summed E-state index contributed by atoms with van der Waals surface area (Å²) < 4.78 is 27.9. The molecule has 1 N–H and O–H groups in total. The largest absolute Gasteiger partial charge is 0.240 e. The molecule has 0 radical (unpaired) electrons. The van der Waals surface area contributed by atoms with Gasteiger partial charge in [0.2, 0.25) is 10.0 Å². The quantitative estimate of drug-likeness (QED) is 0.871. The number of nitrogens with one attached hydrogen (secondary N) is 1. The van der Waals surface area contributed by atoms with Gasteiger partial charge in [-0.15, -0.1) is 0 Å². The molecule has 2 unspecified atom stereocenters. The van der Waals surface area contributed by atoms with Crippen LogP contribution in [0.3, 0.4) is 0 Å².